The van der Waals surface area contributed by atoms with Crippen LogP contribution in [0.5, 0.6) is 5.75 Å². The molecule has 2 atom stereocenters. The van der Waals surface area contributed by atoms with E-state index in [1.54, 1.807) is 6.07 Å². The standard InChI is InChI=1S/C19H25FN2O2/c1-18(2)11-15(13-4-3-12(20)9-16(13)24-18)22-17(23)14-10-19(14)5-7-21-8-6-19/h3-4,9,14-15,21H,5-8,10-11H2,1-2H3,(H,22,23). The summed E-state index contributed by atoms with van der Waals surface area (Å²) < 4.78 is 19.4. The van der Waals surface area contributed by atoms with Crippen LogP contribution in [0.2, 0.25) is 0 Å². The van der Waals surface area contributed by atoms with Crippen molar-refractivity contribution in [1.29, 1.82) is 0 Å². The van der Waals surface area contributed by atoms with E-state index >= 15 is 0 Å². The lowest BCUT2D eigenvalue weighted by atomic mass is 9.88. The van der Waals surface area contributed by atoms with Crippen molar-refractivity contribution < 1.29 is 13.9 Å². The number of amides is 1. The van der Waals surface area contributed by atoms with Gasteiger partial charge in [-0.05, 0) is 57.7 Å². The number of fused-ring (bicyclic) bond motifs is 1. The Balaban J connectivity index is 1.51. The number of rotatable bonds is 2. The molecule has 4 nitrogen and oxygen atoms in total. The van der Waals surface area contributed by atoms with Crippen molar-refractivity contribution in [3.05, 3.63) is 29.6 Å². The Kier molecular flexibility index (Phi) is 3.60. The van der Waals surface area contributed by atoms with E-state index in [0.717, 1.165) is 37.9 Å². The monoisotopic (exact) mass is 332 g/mol. The first-order valence-electron chi connectivity index (χ1n) is 8.88. The second kappa shape index (κ2) is 5.45. The van der Waals surface area contributed by atoms with E-state index in [2.05, 4.69) is 10.6 Å². The molecule has 3 aliphatic rings. The molecule has 1 amide bonds. The zero-order chi connectivity index (χ0) is 16.9. The summed E-state index contributed by atoms with van der Waals surface area (Å²) in [6, 6.07) is 4.47. The van der Waals surface area contributed by atoms with Gasteiger partial charge in [0, 0.05) is 24.0 Å². The summed E-state index contributed by atoms with van der Waals surface area (Å²) in [5.74, 6) is 0.514. The Morgan fingerprint density at radius 3 is 2.79 bits per heavy atom. The van der Waals surface area contributed by atoms with Gasteiger partial charge in [0.15, 0.2) is 0 Å². The third-order valence-corrected chi connectivity index (χ3v) is 5.86. The topological polar surface area (TPSA) is 50.4 Å². The second-order valence-corrected chi connectivity index (χ2v) is 8.18. The zero-order valence-electron chi connectivity index (χ0n) is 14.3. The molecule has 1 spiro atoms. The number of nitrogens with one attached hydrogen (secondary N) is 2. The highest BCUT2D eigenvalue weighted by Gasteiger charge is 2.58. The van der Waals surface area contributed by atoms with Gasteiger partial charge in [0.1, 0.15) is 17.2 Å². The van der Waals surface area contributed by atoms with E-state index in [1.165, 1.54) is 12.1 Å². The number of halogens is 1. The molecule has 2 heterocycles. The number of carbonyl (C=O) groups excluding carboxylic acids is 1. The van der Waals surface area contributed by atoms with Gasteiger partial charge in [0.25, 0.3) is 0 Å². The zero-order valence-corrected chi connectivity index (χ0v) is 14.3. The van der Waals surface area contributed by atoms with Crippen molar-refractivity contribution in [2.24, 2.45) is 11.3 Å². The molecule has 0 radical (unpaired) electrons. The van der Waals surface area contributed by atoms with Gasteiger partial charge < -0.3 is 15.4 Å². The van der Waals surface area contributed by atoms with Gasteiger partial charge in [-0.1, -0.05) is 6.07 Å². The van der Waals surface area contributed by atoms with Crippen molar-refractivity contribution in [1.82, 2.24) is 10.6 Å². The quantitative estimate of drug-likeness (QED) is 0.875. The third kappa shape index (κ3) is 2.79. The summed E-state index contributed by atoms with van der Waals surface area (Å²) >= 11 is 0. The van der Waals surface area contributed by atoms with Crippen molar-refractivity contribution in [3.8, 4) is 5.75 Å². The molecule has 2 N–H and O–H groups in total. The normalized spacial score (nSPS) is 29.5. The summed E-state index contributed by atoms with van der Waals surface area (Å²) in [7, 11) is 0. The Labute approximate surface area is 142 Å². The molecule has 0 bridgehead atoms. The maximum absolute atomic E-state index is 13.5. The van der Waals surface area contributed by atoms with Crippen LogP contribution in [0.25, 0.3) is 0 Å². The average Bonchev–Trinajstić information content (AvgIpc) is 3.19. The Morgan fingerprint density at radius 2 is 2.04 bits per heavy atom. The number of piperidine rings is 1. The van der Waals surface area contributed by atoms with Crippen LogP contribution in [0.4, 0.5) is 4.39 Å². The maximum Gasteiger partial charge on any atom is 0.224 e. The van der Waals surface area contributed by atoms with Crippen LogP contribution >= 0.6 is 0 Å². The Morgan fingerprint density at radius 1 is 1.29 bits per heavy atom. The summed E-state index contributed by atoms with van der Waals surface area (Å²) in [4.78, 5) is 12.8. The van der Waals surface area contributed by atoms with E-state index < -0.39 is 5.60 Å². The van der Waals surface area contributed by atoms with Crippen LogP contribution in [0.15, 0.2) is 18.2 Å². The van der Waals surface area contributed by atoms with Crippen LogP contribution in [-0.2, 0) is 4.79 Å². The molecule has 1 aromatic rings. The second-order valence-electron chi connectivity index (χ2n) is 8.18. The fourth-order valence-corrected chi connectivity index (χ4v) is 4.42. The summed E-state index contributed by atoms with van der Waals surface area (Å²) in [6.07, 6.45) is 3.88. The molecule has 1 saturated heterocycles. The van der Waals surface area contributed by atoms with Crippen molar-refractivity contribution >= 4 is 5.91 Å². The SMILES string of the molecule is CC1(C)CC(NC(=O)C2CC23CCNCC3)c2ccc(F)cc2O1. The third-order valence-electron chi connectivity index (χ3n) is 5.86. The highest BCUT2D eigenvalue weighted by Crippen LogP contribution is 2.58. The van der Waals surface area contributed by atoms with Gasteiger partial charge >= 0.3 is 0 Å². The molecule has 130 valence electrons. The van der Waals surface area contributed by atoms with Crippen molar-refractivity contribution in [3.63, 3.8) is 0 Å². The molecular weight excluding hydrogens is 307 g/mol. The van der Waals surface area contributed by atoms with E-state index in [-0.39, 0.29) is 29.1 Å². The Hall–Kier alpha value is -1.62. The molecular formula is C19H25FN2O2. The molecule has 0 aromatic heterocycles. The van der Waals surface area contributed by atoms with E-state index in [9.17, 15) is 9.18 Å². The van der Waals surface area contributed by atoms with Gasteiger partial charge in [-0.2, -0.15) is 0 Å². The summed E-state index contributed by atoms with van der Waals surface area (Å²) in [5.41, 5.74) is 0.681. The molecule has 2 aliphatic heterocycles. The number of hydrogen-bond acceptors (Lipinski definition) is 3. The fraction of sp³-hybridized carbons (Fsp3) is 0.632. The minimum atomic E-state index is -0.422. The molecule has 2 fully saturated rings. The number of ether oxygens (including phenoxy) is 1. The molecule has 24 heavy (non-hydrogen) atoms. The minimum Gasteiger partial charge on any atom is -0.487 e. The van der Waals surface area contributed by atoms with Crippen LogP contribution < -0.4 is 15.4 Å². The van der Waals surface area contributed by atoms with E-state index in [4.69, 9.17) is 4.74 Å². The number of hydrogen-bond donors (Lipinski definition) is 2. The average molecular weight is 332 g/mol. The molecule has 5 heteroatoms. The van der Waals surface area contributed by atoms with Crippen LogP contribution in [-0.4, -0.2) is 24.6 Å². The first-order chi connectivity index (χ1) is 11.4. The predicted molar refractivity (Wildman–Crippen MR) is 89.3 cm³/mol. The van der Waals surface area contributed by atoms with Crippen LogP contribution in [0, 0.1) is 17.2 Å². The fourth-order valence-electron chi connectivity index (χ4n) is 4.42. The van der Waals surface area contributed by atoms with Crippen molar-refractivity contribution in [2.45, 2.75) is 51.2 Å². The van der Waals surface area contributed by atoms with Crippen LogP contribution in [0.3, 0.4) is 0 Å². The minimum absolute atomic E-state index is 0.115. The highest BCUT2D eigenvalue weighted by molar-refractivity contribution is 5.83. The lowest BCUT2D eigenvalue weighted by Crippen LogP contribution is -2.42. The highest BCUT2D eigenvalue weighted by atomic mass is 19.1. The predicted octanol–water partition coefficient (Wildman–Crippen LogP) is 2.93. The lowest BCUT2D eigenvalue weighted by molar-refractivity contribution is -0.124. The van der Waals surface area contributed by atoms with Gasteiger partial charge in [0.05, 0.1) is 6.04 Å². The lowest BCUT2D eigenvalue weighted by Gasteiger charge is -2.38. The molecule has 4 rings (SSSR count). The first kappa shape index (κ1) is 15.9. The Bertz CT molecular complexity index is 667. The van der Waals surface area contributed by atoms with E-state index in [1.807, 2.05) is 13.8 Å². The smallest absolute Gasteiger partial charge is 0.224 e. The van der Waals surface area contributed by atoms with Crippen molar-refractivity contribution in [2.75, 3.05) is 13.1 Å². The number of benzene rings is 1. The summed E-state index contributed by atoms with van der Waals surface area (Å²) in [6.45, 7) is 5.98. The van der Waals surface area contributed by atoms with Gasteiger partial charge in [-0.15, -0.1) is 0 Å². The van der Waals surface area contributed by atoms with Gasteiger partial charge in [0.2, 0.25) is 5.91 Å². The summed E-state index contributed by atoms with van der Waals surface area (Å²) in [5, 5.41) is 6.59. The molecule has 2 unspecified atom stereocenters. The molecule has 1 aromatic carbocycles. The number of carbonyl (C=O) groups is 1. The molecule has 1 aliphatic carbocycles. The van der Waals surface area contributed by atoms with Gasteiger partial charge in [-0.3, -0.25) is 4.79 Å². The first-order valence-corrected chi connectivity index (χ1v) is 8.88. The maximum atomic E-state index is 13.5. The van der Waals surface area contributed by atoms with E-state index in [0.29, 0.717) is 12.2 Å². The van der Waals surface area contributed by atoms with Crippen LogP contribution in [0.1, 0.15) is 51.1 Å². The largest absolute Gasteiger partial charge is 0.487 e. The van der Waals surface area contributed by atoms with Gasteiger partial charge in [-0.25, -0.2) is 4.39 Å². The molecule has 1 saturated carbocycles.